The van der Waals surface area contributed by atoms with E-state index in [2.05, 4.69) is 15.9 Å². The average molecular weight is 368 g/mol. The van der Waals surface area contributed by atoms with Gasteiger partial charge in [0, 0.05) is 23.6 Å². The molecule has 19 heavy (non-hydrogen) atoms. The molecule has 1 fully saturated rings. The second kappa shape index (κ2) is 6.10. The Morgan fingerprint density at radius 1 is 1.42 bits per heavy atom. The quantitative estimate of drug-likeness (QED) is 0.893. The summed E-state index contributed by atoms with van der Waals surface area (Å²) in [5.74, 6) is 0. The molecule has 7 heteroatoms. The zero-order chi connectivity index (χ0) is 14.0. The Hall–Kier alpha value is -0.140. The third-order valence-corrected chi connectivity index (χ3v) is 6.74. The predicted molar refractivity (Wildman–Crippen MR) is 79.7 cm³/mol. The number of hydrogen-bond donors (Lipinski definition) is 1. The Bertz CT molecular complexity index is 545. The summed E-state index contributed by atoms with van der Waals surface area (Å²) in [6, 6.07) is 4.84. The maximum atomic E-state index is 12.8. The number of piperidine rings is 1. The van der Waals surface area contributed by atoms with Gasteiger partial charge in [-0.25, -0.2) is 8.42 Å². The highest BCUT2D eigenvalue weighted by Crippen LogP contribution is 2.34. The third-order valence-electron chi connectivity index (χ3n) is 3.33. The lowest BCUT2D eigenvalue weighted by Crippen LogP contribution is -2.47. The van der Waals surface area contributed by atoms with Gasteiger partial charge in [0.05, 0.1) is 5.02 Å². The predicted octanol–water partition coefficient (Wildman–Crippen LogP) is 2.60. The molecule has 1 aromatic carbocycles. The highest BCUT2D eigenvalue weighted by atomic mass is 79.9. The van der Waals surface area contributed by atoms with Crippen molar-refractivity contribution in [2.24, 2.45) is 5.73 Å². The second-order valence-corrected chi connectivity index (χ2v) is 7.64. The van der Waals surface area contributed by atoms with E-state index in [4.69, 9.17) is 17.3 Å². The molecule has 0 aliphatic carbocycles. The van der Waals surface area contributed by atoms with Crippen molar-refractivity contribution in [2.75, 3.05) is 13.1 Å². The van der Waals surface area contributed by atoms with Crippen LogP contribution in [0.3, 0.4) is 0 Å². The van der Waals surface area contributed by atoms with Crippen LogP contribution < -0.4 is 5.73 Å². The molecule has 1 aromatic rings. The van der Waals surface area contributed by atoms with Gasteiger partial charge in [0.25, 0.3) is 0 Å². The second-order valence-electron chi connectivity index (χ2n) is 4.55. The van der Waals surface area contributed by atoms with Gasteiger partial charge in [0.15, 0.2) is 0 Å². The van der Waals surface area contributed by atoms with Crippen LogP contribution in [-0.2, 0) is 10.0 Å². The van der Waals surface area contributed by atoms with Crippen molar-refractivity contribution in [1.82, 2.24) is 4.31 Å². The van der Waals surface area contributed by atoms with E-state index < -0.39 is 10.0 Å². The third kappa shape index (κ3) is 2.97. The van der Waals surface area contributed by atoms with Crippen LogP contribution in [0.15, 0.2) is 27.6 Å². The van der Waals surface area contributed by atoms with E-state index in [1.54, 1.807) is 18.2 Å². The SMILES string of the molecule is NCC1CCCCN1S(=O)(=O)c1c(Cl)cccc1Br. The minimum atomic E-state index is -3.61. The number of rotatable bonds is 3. The summed E-state index contributed by atoms with van der Waals surface area (Å²) in [4.78, 5) is 0.136. The zero-order valence-corrected chi connectivity index (χ0v) is 13.5. The monoisotopic (exact) mass is 366 g/mol. The van der Waals surface area contributed by atoms with Crippen LogP contribution in [-0.4, -0.2) is 31.9 Å². The molecule has 1 atom stereocenters. The highest BCUT2D eigenvalue weighted by Gasteiger charge is 2.35. The molecule has 2 rings (SSSR count). The minimum Gasteiger partial charge on any atom is -0.329 e. The topological polar surface area (TPSA) is 63.4 Å². The Labute approximate surface area is 127 Å². The molecule has 0 bridgehead atoms. The fraction of sp³-hybridized carbons (Fsp3) is 0.500. The molecule has 106 valence electrons. The molecule has 0 radical (unpaired) electrons. The number of hydrogen-bond acceptors (Lipinski definition) is 3. The van der Waals surface area contributed by atoms with Crippen molar-refractivity contribution in [3.8, 4) is 0 Å². The molecule has 1 unspecified atom stereocenters. The molecule has 4 nitrogen and oxygen atoms in total. The molecule has 1 heterocycles. The largest absolute Gasteiger partial charge is 0.329 e. The van der Waals surface area contributed by atoms with Crippen LogP contribution in [0.4, 0.5) is 0 Å². The average Bonchev–Trinajstić information content (AvgIpc) is 2.38. The van der Waals surface area contributed by atoms with Gasteiger partial charge in [-0.1, -0.05) is 24.1 Å². The zero-order valence-electron chi connectivity index (χ0n) is 10.4. The Balaban J connectivity index is 2.47. The fourth-order valence-corrected chi connectivity index (χ4v) is 5.75. The molecular weight excluding hydrogens is 352 g/mol. The van der Waals surface area contributed by atoms with Crippen LogP contribution in [0, 0.1) is 0 Å². The molecule has 2 N–H and O–H groups in total. The van der Waals surface area contributed by atoms with Gasteiger partial charge in [-0.3, -0.25) is 0 Å². The summed E-state index contributed by atoms with van der Waals surface area (Å²) in [6.07, 6.45) is 2.67. The van der Waals surface area contributed by atoms with E-state index in [9.17, 15) is 8.42 Å². The lowest BCUT2D eigenvalue weighted by atomic mass is 10.1. The standard InChI is InChI=1S/C12H16BrClN2O2S/c13-10-5-3-6-11(14)12(10)19(17,18)16-7-2-1-4-9(16)8-15/h3,5-6,9H,1-2,4,7-8,15H2. The number of nitrogens with zero attached hydrogens (tertiary/aromatic N) is 1. The van der Waals surface area contributed by atoms with Gasteiger partial charge < -0.3 is 5.73 Å². The maximum absolute atomic E-state index is 12.8. The molecule has 0 amide bonds. The van der Waals surface area contributed by atoms with Gasteiger partial charge >= 0.3 is 0 Å². The Kier molecular flexibility index (Phi) is 4.89. The van der Waals surface area contributed by atoms with Crippen molar-refractivity contribution < 1.29 is 8.42 Å². The van der Waals surface area contributed by atoms with E-state index in [0.717, 1.165) is 19.3 Å². The van der Waals surface area contributed by atoms with E-state index in [1.165, 1.54) is 4.31 Å². The van der Waals surface area contributed by atoms with Gasteiger partial charge in [-0.2, -0.15) is 4.31 Å². The van der Waals surface area contributed by atoms with E-state index >= 15 is 0 Å². The minimum absolute atomic E-state index is 0.136. The van der Waals surface area contributed by atoms with E-state index in [0.29, 0.717) is 17.6 Å². The van der Waals surface area contributed by atoms with Crippen molar-refractivity contribution >= 4 is 37.6 Å². The van der Waals surface area contributed by atoms with Crippen molar-refractivity contribution in [2.45, 2.75) is 30.2 Å². The first-order chi connectivity index (χ1) is 8.98. The fourth-order valence-electron chi connectivity index (χ4n) is 2.37. The highest BCUT2D eigenvalue weighted by molar-refractivity contribution is 9.10. The van der Waals surface area contributed by atoms with Gasteiger partial charge in [-0.15, -0.1) is 0 Å². The molecule has 0 aromatic heterocycles. The first-order valence-electron chi connectivity index (χ1n) is 6.14. The van der Waals surface area contributed by atoms with E-state index in [-0.39, 0.29) is 16.0 Å². The first kappa shape index (κ1) is 15.3. The molecule has 0 spiro atoms. The van der Waals surface area contributed by atoms with Gasteiger partial charge in [0.2, 0.25) is 10.0 Å². The molecule has 1 aliphatic heterocycles. The normalized spacial score (nSPS) is 21.5. The number of halogens is 2. The number of nitrogens with two attached hydrogens (primary N) is 1. The van der Waals surface area contributed by atoms with Crippen molar-refractivity contribution in [3.63, 3.8) is 0 Å². The van der Waals surface area contributed by atoms with E-state index in [1.807, 2.05) is 0 Å². The molecule has 1 aliphatic rings. The van der Waals surface area contributed by atoms with Crippen LogP contribution in [0.5, 0.6) is 0 Å². The Morgan fingerprint density at radius 3 is 2.79 bits per heavy atom. The summed E-state index contributed by atoms with van der Waals surface area (Å²) < 4.78 is 27.5. The molecular formula is C12H16BrClN2O2S. The summed E-state index contributed by atoms with van der Waals surface area (Å²) >= 11 is 9.33. The number of sulfonamides is 1. The summed E-state index contributed by atoms with van der Waals surface area (Å²) in [6.45, 7) is 0.836. The van der Waals surface area contributed by atoms with Crippen molar-refractivity contribution in [1.29, 1.82) is 0 Å². The summed E-state index contributed by atoms with van der Waals surface area (Å²) in [5.41, 5.74) is 5.69. The van der Waals surface area contributed by atoms with Crippen LogP contribution in [0.25, 0.3) is 0 Å². The lowest BCUT2D eigenvalue weighted by Gasteiger charge is -2.34. The van der Waals surface area contributed by atoms with Crippen LogP contribution in [0.1, 0.15) is 19.3 Å². The van der Waals surface area contributed by atoms with Gasteiger partial charge in [-0.05, 0) is 40.9 Å². The molecule has 1 saturated heterocycles. The molecule has 0 saturated carbocycles. The maximum Gasteiger partial charge on any atom is 0.245 e. The number of benzene rings is 1. The van der Waals surface area contributed by atoms with Crippen LogP contribution in [0.2, 0.25) is 5.02 Å². The lowest BCUT2D eigenvalue weighted by molar-refractivity contribution is 0.257. The van der Waals surface area contributed by atoms with Gasteiger partial charge in [0.1, 0.15) is 4.90 Å². The smallest absolute Gasteiger partial charge is 0.245 e. The summed E-state index contributed by atoms with van der Waals surface area (Å²) in [7, 11) is -3.61. The Morgan fingerprint density at radius 2 is 2.16 bits per heavy atom. The van der Waals surface area contributed by atoms with Crippen LogP contribution >= 0.6 is 27.5 Å². The first-order valence-corrected chi connectivity index (χ1v) is 8.75. The summed E-state index contributed by atoms with van der Waals surface area (Å²) in [5, 5.41) is 0.232. The van der Waals surface area contributed by atoms with Crippen molar-refractivity contribution in [3.05, 3.63) is 27.7 Å².